The fourth-order valence-electron chi connectivity index (χ4n) is 3.25. The summed E-state index contributed by atoms with van der Waals surface area (Å²) in [6.07, 6.45) is -0.224. The van der Waals surface area contributed by atoms with E-state index in [0.717, 1.165) is 11.8 Å². The minimum Gasteiger partial charge on any atom is -0.464 e. The molecule has 0 saturated carbocycles. The maximum absolute atomic E-state index is 14.1. The highest BCUT2D eigenvalue weighted by Crippen LogP contribution is 2.26. The average molecular weight is 486 g/mol. The zero-order chi connectivity index (χ0) is 23.9. The van der Waals surface area contributed by atoms with E-state index >= 15 is 0 Å². The van der Waals surface area contributed by atoms with E-state index in [-0.39, 0.29) is 13.0 Å². The topological polar surface area (TPSA) is 102 Å². The van der Waals surface area contributed by atoms with Crippen LogP contribution in [0.25, 0.3) is 11.1 Å². The Morgan fingerprint density at radius 2 is 1.91 bits per heavy atom. The number of rotatable bonds is 11. The Hall–Kier alpha value is -1.98. The number of hydrogen-bond acceptors (Lipinski definition) is 7. The fraction of sp³-hybridized carbons (Fsp3) is 0.381. The monoisotopic (exact) mass is 485 g/mol. The Labute approximate surface area is 193 Å². The van der Waals surface area contributed by atoms with Crippen LogP contribution in [0.1, 0.15) is 18.9 Å². The molecule has 0 fully saturated rings. The van der Waals surface area contributed by atoms with E-state index in [4.69, 9.17) is 20.5 Å². The molecule has 0 aromatic heterocycles. The Balaban J connectivity index is 2.21. The number of nitrogens with one attached hydrogen (secondary N) is 1. The lowest BCUT2D eigenvalue weighted by atomic mass is 9.84. The first-order chi connectivity index (χ1) is 15.0. The van der Waals surface area contributed by atoms with Crippen LogP contribution in [-0.2, 0) is 30.3 Å². The van der Waals surface area contributed by atoms with Crippen LogP contribution in [0.2, 0.25) is 11.8 Å². The summed E-state index contributed by atoms with van der Waals surface area (Å²) in [5, 5.41) is 13.1. The van der Waals surface area contributed by atoms with E-state index in [9.17, 15) is 22.6 Å². The maximum atomic E-state index is 14.1. The van der Waals surface area contributed by atoms with Gasteiger partial charge in [0.15, 0.2) is 6.10 Å². The number of hydrogen-bond donors (Lipinski definition) is 2. The van der Waals surface area contributed by atoms with Crippen molar-refractivity contribution in [2.24, 2.45) is 0 Å². The lowest BCUT2D eigenvalue weighted by molar-refractivity contribution is -0.151. The van der Waals surface area contributed by atoms with Crippen molar-refractivity contribution in [2.45, 2.75) is 38.7 Å². The molecular weight excluding hydrogens is 460 g/mol. The van der Waals surface area contributed by atoms with Gasteiger partial charge >= 0.3 is 13.0 Å². The molecule has 0 saturated heterocycles. The van der Waals surface area contributed by atoms with Crippen molar-refractivity contribution in [2.75, 3.05) is 12.9 Å². The van der Waals surface area contributed by atoms with Crippen molar-refractivity contribution < 1.29 is 31.5 Å². The van der Waals surface area contributed by atoms with Gasteiger partial charge in [-0.05, 0) is 49.5 Å². The largest absolute Gasteiger partial charge is 0.464 e. The number of halogens is 2. The average Bonchev–Trinajstić information content (AvgIpc) is 2.68. The second-order valence-corrected chi connectivity index (χ2v) is 9.38. The molecule has 32 heavy (non-hydrogen) atoms. The zero-order valence-electron chi connectivity index (χ0n) is 18.0. The number of carbonyl (C=O) groups is 1. The molecule has 0 aliphatic rings. The molecule has 2 aromatic rings. The van der Waals surface area contributed by atoms with E-state index in [2.05, 4.69) is 5.23 Å². The standard InChI is InChI=1S/C21H26BClFNO6S/c1-4-30-21(26)20(31-32(3,28)29)13-17(25-22(2)27)11-14-5-7-15(8-6-14)18-12-16(23)9-10-19(18)24/h5-10,12,17,20,25,27H,4,11,13H2,1-3H3/t17-,20-/m1/s1. The van der Waals surface area contributed by atoms with Gasteiger partial charge in [0, 0.05) is 23.0 Å². The van der Waals surface area contributed by atoms with E-state index in [1.165, 1.54) is 25.0 Å². The van der Waals surface area contributed by atoms with Gasteiger partial charge in [-0.3, -0.25) is 4.18 Å². The summed E-state index contributed by atoms with van der Waals surface area (Å²) in [5.74, 6) is -1.20. The molecule has 2 atom stereocenters. The molecule has 2 N–H and O–H groups in total. The highest BCUT2D eigenvalue weighted by Gasteiger charge is 2.29. The number of carbonyl (C=O) groups excluding carboxylic acids is 1. The van der Waals surface area contributed by atoms with Gasteiger partial charge in [-0.1, -0.05) is 35.9 Å². The first kappa shape index (κ1) is 26.3. The minimum absolute atomic E-state index is 0.0541. The predicted octanol–water partition coefficient (Wildman–Crippen LogP) is 3.06. The smallest absolute Gasteiger partial charge is 0.373 e. The van der Waals surface area contributed by atoms with Gasteiger partial charge in [-0.25, -0.2) is 9.18 Å². The normalized spacial score (nSPS) is 13.4. The SMILES string of the molecule is CCOC(=O)[C@@H](C[C@@H](Cc1ccc(-c2cc(Cl)ccc2F)cc1)NB(C)O)OS(C)(=O)=O. The molecule has 2 aromatic carbocycles. The van der Waals surface area contributed by atoms with Crippen LogP contribution in [0.4, 0.5) is 4.39 Å². The van der Waals surface area contributed by atoms with Gasteiger partial charge in [-0.15, -0.1) is 0 Å². The van der Waals surface area contributed by atoms with E-state index in [1.807, 2.05) is 0 Å². The molecule has 7 nitrogen and oxygen atoms in total. The van der Waals surface area contributed by atoms with Gasteiger partial charge in [0.2, 0.25) is 0 Å². The number of benzene rings is 2. The quantitative estimate of drug-likeness (QED) is 0.286. The number of ether oxygens (including phenoxy) is 1. The van der Waals surface area contributed by atoms with Crippen molar-refractivity contribution in [3.05, 3.63) is 58.9 Å². The van der Waals surface area contributed by atoms with Crippen LogP contribution in [0.3, 0.4) is 0 Å². The van der Waals surface area contributed by atoms with Gasteiger partial charge < -0.3 is 15.0 Å². The molecule has 11 heteroatoms. The third-order valence-corrected chi connectivity index (χ3v) is 5.31. The van der Waals surface area contributed by atoms with Crippen molar-refractivity contribution >= 4 is 34.7 Å². The highest BCUT2D eigenvalue weighted by atomic mass is 35.5. The van der Waals surface area contributed by atoms with Gasteiger partial charge in [-0.2, -0.15) is 8.42 Å². The molecule has 0 aliphatic heterocycles. The summed E-state index contributed by atoms with van der Waals surface area (Å²) in [6.45, 7) is 3.18. The van der Waals surface area contributed by atoms with Crippen LogP contribution in [0.15, 0.2) is 42.5 Å². The van der Waals surface area contributed by atoms with Gasteiger partial charge in [0.25, 0.3) is 10.1 Å². The Bertz CT molecular complexity index is 1020. The zero-order valence-corrected chi connectivity index (χ0v) is 19.6. The summed E-state index contributed by atoms with van der Waals surface area (Å²) >= 11 is 5.97. The molecule has 0 heterocycles. The van der Waals surface area contributed by atoms with Crippen LogP contribution in [-0.4, -0.2) is 51.5 Å². The molecule has 2 rings (SSSR count). The van der Waals surface area contributed by atoms with E-state index in [0.29, 0.717) is 22.6 Å². The van der Waals surface area contributed by atoms with Crippen molar-refractivity contribution in [3.63, 3.8) is 0 Å². The molecular formula is C21H26BClFNO6S. The second kappa shape index (κ2) is 11.8. The van der Waals surface area contributed by atoms with Gasteiger partial charge in [0.05, 0.1) is 12.9 Å². The summed E-state index contributed by atoms with van der Waals surface area (Å²) in [5.41, 5.74) is 1.82. The molecule has 0 unspecified atom stereocenters. The summed E-state index contributed by atoms with van der Waals surface area (Å²) in [6, 6.07) is 10.8. The summed E-state index contributed by atoms with van der Waals surface area (Å²) in [4.78, 5) is 12.2. The molecule has 0 radical (unpaired) electrons. The first-order valence-electron chi connectivity index (χ1n) is 10.0. The van der Waals surface area contributed by atoms with E-state index in [1.54, 1.807) is 31.2 Å². The molecule has 0 bridgehead atoms. The third-order valence-electron chi connectivity index (χ3n) is 4.49. The second-order valence-electron chi connectivity index (χ2n) is 7.34. The predicted molar refractivity (Wildman–Crippen MR) is 122 cm³/mol. The Kier molecular flexibility index (Phi) is 9.66. The van der Waals surface area contributed by atoms with Gasteiger partial charge in [0.1, 0.15) is 5.82 Å². The Morgan fingerprint density at radius 1 is 1.25 bits per heavy atom. The molecule has 0 amide bonds. The molecule has 0 aliphatic carbocycles. The lowest BCUT2D eigenvalue weighted by Crippen LogP contribution is -2.45. The van der Waals surface area contributed by atoms with Crippen LogP contribution >= 0.6 is 11.6 Å². The highest BCUT2D eigenvalue weighted by molar-refractivity contribution is 7.86. The molecule has 174 valence electrons. The van der Waals surface area contributed by atoms with Crippen LogP contribution in [0.5, 0.6) is 0 Å². The molecule has 0 spiro atoms. The van der Waals surface area contributed by atoms with Crippen LogP contribution < -0.4 is 5.23 Å². The van der Waals surface area contributed by atoms with Crippen LogP contribution in [0, 0.1) is 5.82 Å². The number of esters is 1. The van der Waals surface area contributed by atoms with E-state index < -0.39 is 41.1 Å². The fourth-order valence-corrected chi connectivity index (χ4v) is 4.01. The lowest BCUT2D eigenvalue weighted by Gasteiger charge is -2.24. The third kappa shape index (κ3) is 8.52. The van der Waals surface area contributed by atoms with Crippen molar-refractivity contribution in [1.29, 1.82) is 0 Å². The van der Waals surface area contributed by atoms with Crippen molar-refractivity contribution in [3.8, 4) is 11.1 Å². The summed E-state index contributed by atoms with van der Waals surface area (Å²) < 4.78 is 47.2. The first-order valence-corrected chi connectivity index (χ1v) is 12.2. The summed E-state index contributed by atoms with van der Waals surface area (Å²) in [7, 11) is -4.83. The maximum Gasteiger partial charge on any atom is 0.373 e. The van der Waals surface area contributed by atoms with Crippen molar-refractivity contribution in [1.82, 2.24) is 5.23 Å². The Morgan fingerprint density at radius 3 is 2.47 bits per heavy atom. The minimum atomic E-state index is -3.91.